The molecule has 1 N–H and O–H groups in total. The molecule has 0 spiro atoms. The highest BCUT2D eigenvalue weighted by molar-refractivity contribution is 6.34. The summed E-state index contributed by atoms with van der Waals surface area (Å²) in [7, 11) is 0. The number of oxime groups is 1. The van der Waals surface area contributed by atoms with Crippen LogP contribution in [0.25, 0.3) is 0 Å². The maximum atomic E-state index is 12.2. The van der Waals surface area contributed by atoms with Gasteiger partial charge in [0.2, 0.25) is 0 Å². The van der Waals surface area contributed by atoms with Crippen molar-refractivity contribution in [2.75, 3.05) is 0 Å². The van der Waals surface area contributed by atoms with E-state index in [1.54, 1.807) is 0 Å². The van der Waals surface area contributed by atoms with Gasteiger partial charge in [-0.15, -0.1) is 0 Å². The molecule has 0 aliphatic rings. The first-order valence-corrected chi connectivity index (χ1v) is 4.30. The number of nitrogens with zero attached hydrogens (tertiary/aromatic N) is 1. The van der Waals surface area contributed by atoms with Crippen LogP contribution in [-0.4, -0.2) is 10.9 Å². The van der Waals surface area contributed by atoms with Crippen molar-refractivity contribution in [3.8, 4) is 0 Å². The zero-order chi connectivity index (χ0) is 11.6. The topological polar surface area (TPSA) is 32.6 Å². The summed E-state index contributed by atoms with van der Waals surface area (Å²) in [5, 5.41) is 11.2. The number of hydrogen-bond donors (Lipinski definition) is 1. The third-order valence-corrected chi connectivity index (χ3v) is 2.15. The summed E-state index contributed by atoms with van der Waals surface area (Å²) < 4.78 is 36.7. The number of alkyl halides is 3. The van der Waals surface area contributed by atoms with Gasteiger partial charge in [0.15, 0.2) is 0 Å². The van der Waals surface area contributed by atoms with E-state index in [-0.39, 0.29) is 16.3 Å². The quantitative estimate of drug-likeness (QED) is 0.452. The first-order valence-electron chi connectivity index (χ1n) is 3.92. The van der Waals surface area contributed by atoms with Gasteiger partial charge >= 0.3 is 6.18 Å². The number of benzene rings is 1. The van der Waals surface area contributed by atoms with Crippen molar-refractivity contribution in [3.05, 3.63) is 34.3 Å². The minimum absolute atomic E-state index is 0.0971. The van der Waals surface area contributed by atoms with Crippen LogP contribution in [-0.2, 0) is 6.18 Å². The summed E-state index contributed by atoms with van der Waals surface area (Å²) in [6, 6.07) is 2.85. The summed E-state index contributed by atoms with van der Waals surface area (Å²) in [6.07, 6.45) is -4.42. The standard InChI is InChI=1S/C9H7ClF3NO/c1-5(14-15)7-3-2-6(4-8(7)10)9(11,12)13/h2-4,15H,1H3/b14-5-. The van der Waals surface area contributed by atoms with E-state index in [9.17, 15) is 13.2 Å². The van der Waals surface area contributed by atoms with Crippen LogP contribution in [0.1, 0.15) is 18.1 Å². The Morgan fingerprint density at radius 2 is 2.00 bits per heavy atom. The van der Waals surface area contributed by atoms with Crippen LogP contribution >= 0.6 is 11.6 Å². The molecule has 0 radical (unpaired) electrons. The molecular formula is C9H7ClF3NO. The van der Waals surface area contributed by atoms with E-state index >= 15 is 0 Å². The molecule has 0 heterocycles. The number of halogens is 4. The molecule has 6 heteroatoms. The van der Waals surface area contributed by atoms with Gasteiger partial charge in [-0.2, -0.15) is 13.2 Å². The molecule has 0 aromatic heterocycles. The van der Waals surface area contributed by atoms with Crippen molar-refractivity contribution in [2.24, 2.45) is 5.16 Å². The molecule has 0 aliphatic carbocycles. The Kier molecular flexibility index (Phi) is 3.24. The van der Waals surface area contributed by atoms with Gasteiger partial charge in [-0.1, -0.05) is 22.8 Å². The Balaban J connectivity index is 3.21. The highest BCUT2D eigenvalue weighted by Gasteiger charge is 2.30. The van der Waals surface area contributed by atoms with Gasteiger partial charge in [-0.3, -0.25) is 0 Å². The van der Waals surface area contributed by atoms with Crippen molar-refractivity contribution < 1.29 is 18.4 Å². The Morgan fingerprint density at radius 1 is 1.40 bits per heavy atom. The van der Waals surface area contributed by atoms with E-state index in [4.69, 9.17) is 16.8 Å². The summed E-state index contributed by atoms with van der Waals surface area (Å²) in [5.41, 5.74) is -0.400. The average Bonchev–Trinajstić information content (AvgIpc) is 2.15. The van der Waals surface area contributed by atoms with Crippen LogP contribution in [0.3, 0.4) is 0 Å². The van der Waals surface area contributed by atoms with Crippen molar-refractivity contribution in [1.82, 2.24) is 0 Å². The maximum Gasteiger partial charge on any atom is 0.416 e. The summed E-state index contributed by atoms with van der Waals surface area (Å²) in [5.74, 6) is 0. The molecule has 1 rings (SSSR count). The van der Waals surface area contributed by atoms with Gasteiger partial charge in [-0.05, 0) is 19.1 Å². The molecule has 0 bridgehead atoms. The molecule has 0 aliphatic heterocycles. The van der Waals surface area contributed by atoms with Crippen LogP contribution in [0, 0.1) is 0 Å². The van der Waals surface area contributed by atoms with Crippen molar-refractivity contribution in [3.63, 3.8) is 0 Å². The Morgan fingerprint density at radius 3 is 2.40 bits per heavy atom. The molecule has 0 fully saturated rings. The van der Waals surface area contributed by atoms with Crippen molar-refractivity contribution in [2.45, 2.75) is 13.1 Å². The minimum Gasteiger partial charge on any atom is -0.411 e. The second-order valence-electron chi connectivity index (χ2n) is 2.88. The van der Waals surface area contributed by atoms with Crippen molar-refractivity contribution in [1.29, 1.82) is 0 Å². The minimum atomic E-state index is -4.42. The zero-order valence-corrected chi connectivity index (χ0v) is 8.39. The lowest BCUT2D eigenvalue weighted by Crippen LogP contribution is -2.06. The summed E-state index contributed by atoms with van der Waals surface area (Å²) in [6.45, 7) is 1.44. The molecule has 0 unspecified atom stereocenters. The molecule has 82 valence electrons. The zero-order valence-electron chi connectivity index (χ0n) is 7.64. The second kappa shape index (κ2) is 4.10. The lowest BCUT2D eigenvalue weighted by Gasteiger charge is -2.08. The fourth-order valence-corrected chi connectivity index (χ4v) is 1.36. The molecular weight excluding hydrogens is 231 g/mol. The Bertz CT molecular complexity index is 401. The largest absolute Gasteiger partial charge is 0.416 e. The lowest BCUT2D eigenvalue weighted by atomic mass is 10.1. The summed E-state index contributed by atoms with van der Waals surface area (Å²) in [4.78, 5) is 0. The van der Waals surface area contributed by atoms with Crippen molar-refractivity contribution >= 4 is 17.3 Å². The Hall–Kier alpha value is -1.23. The highest BCUT2D eigenvalue weighted by Crippen LogP contribution is 2.32. The van der Waals surface area contributed by atoms with Crippen LogP contribution in [0.15, 0.2) is 23.4 Å². The molecule has 2 nitrogen and oxygen atoms in total. The van der Waals surface area contributed by atoms with E-state index in [0.717, 1.165) is 12.1 Å². The van der Waals surface area contributed by atoms with Crippen LogP contribution in [0.4, 0.5) is 13.2 Å². The van der Waals surface area contributed by atoms with Gasteiger partial charge in [-0.25, -0.2) is 0 Å². The van der Waals surface area contributed by atoms with E-state index in [1.807, 2.05) is 0 Å². The van der Waals surface area contributed by atoms with E-state index < -0.39 is 11.7 Å². The molecule has 0 saturated heterocycles. The van der Waals surface area contributed by atoms with Crippen LogP contribution < -0.4 is 0 Å². The normalized spacial score (nSPS) is 13.0. The highest BCUT2D eigenvalue weighted by atomic mass is 35.5. The molecule has 1 aromatic carbocycles. The molecule has 1 aromatic rings. The predicted molar refractivity (Wildman–Crippen MR) is 50.5 cm³/mol. The average molecular weight is 238 g/mol. The number of rotatable bonds is 1. The first-order chi connectivity index (χ1) is 6.86. The van der Waals surface area contributed by atoms with Crippen LogP contribution in [0.5, 0.6) is 0 Å². The third-order valence-electron chi connectivity index (χ3n) is 1.84. The smallest absolute Gasteiger partial charge is 0.411 e. The fraction of sp³-hybridized carbons (Fsp3) is 0.222. The lowest BCUT2D eigenvalue weighted by molar-refractivity contribution is -0.137. The monoisotopic (exact) mass is 237 g/mol. The van der Waals surface area contributed by atoms with E-state index in [0.29, 0.717) is 0 Å². The predicted octanol–water partition coefficient (Wildman–Crippen LogP) is 3.56. The molecule has 0 saturated carbocycles. The molecule has 15 heavy (non-hydrogen) atoms. The van der Waals surface area contributed by atoms with Gasteiger partial charge in [0.25, 0.3) is 0 Å². The van der Waals surface area contributed by atoms with Gasteiger partial charge in [0.1, 0.15) is 0 Å². The Labute approximate surface area is 89.0 Å². The third kappa shape index (κ3) is 2.62. The fourth-order valence-electron chi connectivity index (χ4n) is 1.04. The first kappa shape index (κ1) is 11.8. The SMILES string of the molecule is C/C(=N/O)c1ccc(C(F)(F)F)cc1Cl. The second-order valence-corrected chi connectivity index (χ2v) is 3.28. The summed E-state index contributed by atoms with van der Waals surface area (Å²) >= 11 is 5.62. The van der Waals surface area contributed by atoms with Gasteiger partial charge < -0.3 is 5.21 Å². The van der Waals surface area contributed by atoms with Crippen LogP contribution in [0.2, 0.25) is 5.02 Å². The van der Waals surface area contributed by atoms with E-state index in [2.05, 4.69) is 5.16 Å². The maximum absolute atomic E-state index is 12.2. The van der Waals surface area contributed by atoms with E-state index in [1.165, 1.54) is 13.0 Å². The van der Waals surface area contributed by atoms with Gasteiger partial charge in [0.05, 0.1) is 16.3 Å². The molecule has 0 amide bonds. The number of hydrogen-bond acceptors (Lipinski definition) is 2. The van der Waals surface area contributed by atoms with Gasteiger partial charge in [0, 0.05) is 5.56 Å². The molecule has 0 atom stereocenters.